The van der Waals surface area contributed by atoms with Gasteiger partial charge in [-0.2, -0.15) is 0 Å². The molecule has 1 aliphatic heterocycles. The van der Waals surface area contributed by atoms with Crippen LogP contribution in [0.5, 0.6) is 0 Å². The fourth-order valence-corrected chi connectivity index (χ4v) is 3.84. The number of nitrogens with two attached hydrogens (primary N) is 1. The van der Waals surface area contributed by atoms with Crippen molar-refractivity contribution in [1.29, 1.82) is 0 Å². The molecule has 1 aromatic carbocycles. The molecule has 0 saturated carbocycles. The van der Waals surface area contributed by atoms with Gasteiger partial charge in [-0.3, -0.25) is 4.79 Å². The summed E-state index contributed by atoms with van der Waals surface area (Å²) in [4.78, 5) is 15.0. The van der Waals surface area contributed by atoms with Crippen LogP contribution in [0.15, 0.2) is 30.3 Å². The van der Waals surface area contributed by atoms with E-state index in [1.54, 1.807) is 0 Å². The molecule has 4 heteroatoms. The van der Waals surface area contributed by atoms with E-state index in [4.69, 9.17) is 5.73 Å². The van der Waals surface area contributed by atoms with Crippen molar-refractivity contribution in [1.82, 2.24) is 4.90 Å². The summed E-state index contributed by atoms with van der Waals surface area (Å²) in [5, 5.41) is 0. The second-order valence-electron chi connectivity index (χ2n) is 7.03. The quantitative estimate of drug-likeness (QED) is 0.784. The third-order valence-electron chi connectivity index (χ3n) is 5.43. The Balaban J connectivity index is 1.93. The number of carbonyl (C=O) groups excluding carboxylic acids is 1. The molecule has 2 N–H and O–H groups in total. The van der Waals surface area contributed by atoms with E-state index in [1.807, 2.05) is 6.07 Å². The molecule has 0 aromatic heterocycles. The summed E-state index contributed by atoms with van der Waals surface area (Å²) in [7, 11) is 0. The maximum Gasteiger partial charge on any atom is 0.225 e. The van der Waals surface area contributed by atoms with Crippen molar-refractivity contribution in [2.75, 3.05) is 13.2 Å². The summed E-state index contributed by atoms with van der Waals surface area (Å²) >= 11 is 0. The van der Waals surface area contributed by atoms with Gasteiger partial charge in [-0.15, -0.1) is 0 Å². The molecule has 24 heavy (non-hydrogen) atoms. The van der Waals surface area contributed by atoms with Crippen LogP contribution in [0.3, 0.4) is 0 Å². The Hall–Kier alpha value is -1.42. The lowest BCUT2D eigenvalue weighted by Crippen LogP contribution is -2.39. The van der Waals surface area contributed by atoms with E-state index < -0.39 is 6.67 Å². The van der Waals surface area contributed by atoms with Crippen LogP contribution in [0, 0.1) is 5.92 Å². The SMILES string of the molecule is CCC(CCCC(N)CF)C(=O)N1CC[C@H](c2ccccc2)C1C. The molecule has 1 saturated heterocycles. The van der Waals surface area contributed by atoms with E-state index in [-0.39, 0.29) is 23.9 Å². The minimum absolute atomic E-state index is 0.0359. The summed E-state index contributed by atoms with van der Waals surface area (Å²) in [6.45, 7) is 4.58. The number of alkyl halides is 1. The molecule has 2 rings (SSSR count). The van der Waals surface area contributed by atoms with Gasteiger partial charge in [-0.05, 0) is 38.2 Å². The van der Waals surface area contributed by atoms with Crippen LogP contribution >= 0.6 is 0 Å². The predicted octanol–water partition coefficient (Wildman–Crippen LogP) is 3.88. The first kappa shape index (κ1) is 18.9. The number of carbonyl (C=O) groups is 1. The topological polar surface area (TPSA) is 46.3 Å². The Morgan fingerprint density at radius 2 is 2.04 bits per heavy atom. The maximum absolute atomic E-state index is 12.9. The summed E-state index contributed by atoms with van der Waals surface area (Å²) in [6.07, 6.45) is 4.15. The van der Waals surface area contributed by atoms with Crippen molar-refractivity contribution >= 4 is 5.91 Å². The van der Waals surface area contributed by atoms with Gasteiger partial charge < -0.3 is 10.6 Å². The van der Waals surface area contributed by atoms with Crippen LogP contribution < -0.4 is 5.73 Å². The molecule has 134 valence electrons. The van der Waals surface area contributed by atoms with Gasteiger partial charge in [0.1, 0.15) is 6.67 Å². The third-order valence-corrected chi connectivity index (χ3v) is 5.43. The zero-order chi connectivity index (χ0) is 17.5. The molecule has 1 amide bonds. The van der Waals surface area contributed by atoms with Crippen molar-refractivity contribution in [3.63, 3.8) is 0 Å². The number of nitrogens with zero attached hydrogens (tertiary/aromatic N) is 1. The van der Waals surface area contributed by atoms with Gasteiger partial charge in [0.25, 0.3) is 0 Å². The summed E-state index contributed by atoms with van der Waals surface area (Å²) in [5.74, 6) is 0.721. The van der Waals surface area contributed by atoms with E-state index >= 15 is 0 Å². The zero-order valence-corrected chi connectivity index (χ0v) is 15.0. The number of hydrogen-bond acceptors (Lipinski definition) is 2. The number of likely N-dealkylation sites (tertiary alicyclic amines) is 1. The standard InChI is InChI=1S/C20H31FN2O/c1-3-16(10-7-11-18(22)14-21)20(24)23-13-12-19(15(23)2)17-8-5-4-6-9-17/h4-6,8-9,15-16,18-19H,3,7,10-14,22H2,1-2H3/t15?,16?,18?,19-/m0/s1. The van der Waals surface area contributed by atoms with Gasteiger partial charge in [0, 0.05) is 30.5 Å². The first-order valence-electron chi connectivity index (χ1n) is 9.25. The number of amides is 1. The molecule has 0 radical (unpaired) electrons. The molecule has 1 fully saturated rings. The molecule has 1 aromatic rings. The predicted molar refractivity (Wildman–Crippen MR) is 96.6 cm³/mol. The molecule has 1 aliphatic rings. The molecular weight excluding hydrogens is 303 g/mol. The molecule has 4 atom stereocenters. The van der Waals surface area contributed by atoms with Crippen molar-refractivity contribution in [2.45, 2.75) is 64.0 Å². The van der Waals surface area contributed by atoms with Crippen molar-refractivity contribution in [2.24, 2.45) is 11.7 Å². The first-order valence-corrected chi connectivity index (χ1v) is 9.25. The molecule has 3 unspecified atom stereocenters. The van der Waals surface area contributed by atoms with Crippen molar-refractivity contribution < 1.29 is 9.18 Å². The second kappa shape index (κ2) is 9.16. The monoisotopic (exact) mass is 334 g/mol. The average Bonchev–Trinajstić information content (AvgIpc) is 3.00. The highest BCUT2D eigenvalue weighted by Crippen LogP contribution is 2.34. The highest BCUT2D eigenvalue weighted by Gasteiger charge is 2.36. The van der Waals surface area contributed by atoms with Crippen molar-refractivity contribution in [3.8, 4) is 0 Å². The van der Waals surface area contributed by atoms with E-state index in [0.29, 0.717) is 12.3 Å². The van der Waals surface area contributed by atoms with Gasteiger partial charge in [-0.1, -0.05) is 43.7 Å². The Bertz CT molecular complexity index is 508. The minimum Gasteiger partial charge on any atom is -0.339 e. The highest BCUT2D eigenvalue weighted by atomic mass is 19.1. The Labute approximate surface area is 145 Å². The van der Waals surface area contributed by atoms with Crippen LogP contribution in [-0.2, 0) is 4.79 Å². The van der Waals surface area contributed by atoms with Crippen LogP contribution in [0.2, 0.25) is 0 Å². The second-order valence-corrected chi connectivity index (χ2v) is 7.03. The summed E-state index contributed by atoms with van der Waals surface area (Å²) < 4.78 is 12.5. The number of rotatable bonds is 8. The van der Waals surface area contributed by atoms with Crippen LogP contribution in [-0.4, -0.2) is 36.1 Å². The van der Waals surface area contributed by atoms with E-state index in [0.717, 1.165) is 32.2 Å². The molecule has 3 nitrogen and oxygen atoms in total. The number of benzene rings is 1. The largest absolute Gasteiger partial charge is 0.339 e. The van der Waals surface area contributed by atoms with Gasteiger partial charge in [0.2, 0.25) is 5.91 Å². The van der Waals surface area contributed by atoms with E-state index in [2.05, 4.69) is 43.0 Å². The smallest absolute Gasteiger partial charge is 0.225 e. The number of halogens is 1. The van der Waals surface area contributed by atoms with Gasteiger partial charge in [-0.25, -0.2) is 4.39 Å². The molecule has 0 bridgehead atoms. The number of hydrogen-bond donors (Lipinski definition) is 1. The normalized spacial score (nSPS) is 23.2. The summed E-state index contributed by atoms with van der Waals surface area (Å²) in [5.41, 5.74) is 6.95. The lowest BCUT2D eigenvalue weighted by Gasteiger charge is -2.29. The van der Waals surface area contributed by atoms with Crippen LogP contribution in [0.4, 0.5) is 4.39 Å². The molecule has 0 spiro atoms. The molecule has 0 aliphatic carbocycles. The fraction of sp³-hybridized carbons (Fsp3) is 0.650. The Morgan fingerprint density at radius 1 is 1.33 bits per heavy atom. The maximum atomic E-state index is 12.9. The van der Waals surface area contributed by atoms with Gasteiger partial charge >= 0.3 is 0 Å². The third kappa shape index (κ3) is 4.56. The first-order chi connectivity index (χ1) is 11.6. The van der Waals surface area contributed by atoms with E-state index in [9.17, 15) is 9.18 Å². The van der Waals surface area contributed by atoms with Crippen LogP contribution in [0.25, 0.3) is 0 Å². The van der Waals surface area contributed by atoms with E-state index in [1.165, 1.54) is 5.56 Å². The minimum atomic E-state index is -0.480. The van der Waals surface area contributed by atoms with Crippen molar-refractivity contribution in [3.05, 3.63) is 35.9 Å². The average molecular weight is 334 g/mol. The van der Waals surface area contributed by atoms with Gasteiger partial charge in [0.15, 0.2) is 0 Å². The fourth-order valence-electron chi connectivity index (χ4n) is 3.84. The Morgan fingerprint density at radius 3 is 2.67 bits per heavy atom. The lowest BCUT2D eigenvalue weighted by atomic mass is 9.92. The molecule has 1 heterocycles. The summed E-state index contributed by atoms with van der Waals surface area (Å²) in [6, 6.07) is 10.3. The lowest BCUT2D eigenvalue weighted by molar-refractivity contribution is -0.136. The molecular formula is C20H31FN2O. The van der Waals surface area contributed by atoms with Gasteiger partial charge in [0.05, 0.1) is 0 Å². The van der Waals surface area contributed by atoms with Crippen LogP contribution in [0.1, 0.15) is 57.4 Å². The highest BCUT2D eigenvalue weighted by molar-refractivity contribution is 5.79. The zero-order valence-electron chi connectivity index (χ0n) is 15.0. The Kier molecular flexibility index (Phi) is 7.22.